The van der Waals surface area contributed by atoms with E-state index in [4.69, 9.17) is 5.73 Å². The van der Waals surface area contributed by atoms with Crippen LogP contribution in [0.5, 0.6) is 0 Å². The second-order valence-electron chi connectivity index (χ2n) is 4.66. The first-order valence-corrected chi connectivity index (χ1v) is 6.29. The van der Waals surface area contributed by atoms with Gasteiger partial charge in [0.15, 0.2) is 0 Å². The van der Waals surface area contributed by atoms with Crippen LogP contribution >= 0.6 is 0 Å². The summed E-state index contributed by atoms with van der Waals surface area (Å²) in [6.45, 7) is 6.43. The van der Waals surface area contributed by atoms with Crippen molar-refractivity contribution in [1.29, 1.82) is 0 Å². The Morgan fingerprint density at radius 1 is 1.38 bits per heavy atom. The summed E-state index contributed by atoms with van der Waals surface area (Å²) in [5, 5.41) is 4.22. The number of nitrogens with zero attached hydrogens (tertiary/aromatic N) is 3. The monoisotopic (exact) mass is 224 g/mol. The third-order valence-electron chi connectivity index (χ3n) is 2.77. The molecule has 16 heavy (non-hydrogen) atoms. The zero-order valence-electron chi connectivity index (χ0n) is 10.7. The second-order valence-corrected chi connectivity index (χ2v) is 4.66. The van der Waals surface area contributed by atoms with Crippen LogP contribution in [0.15, 0.2) is 6.33 Å². The molecule has 1 heterocycles. The maximum atomic E-state index is 5.98. The highest BCUT2D eigenvalue weighted by atomic mass is 15.3. The average Bonchev–Trinajstić information content (AvgIpc) is 2.66. The molecule has 1 atom stereocenters. The molecule has 0 aliphatic rings. The van der Waals surface area contributed by atoms with Crippen LogP contribution < -0.4 is 5.73 Å². The molecular weight excluding hydrogens is 200 g/mol. The van der Waals surface area contributed by atoms with Gasteiger partial charge in [0.05, 0.1) is 0 Å². The van der Waals surface area contributed by atoms with Gasteiger partial charge in [-0.25, -0.2) is 9.67 Å². The summed E-state index contributed by atoms with van der Waals surface area (Å²) < 4.78 is 1.99. The molecule has 0 saturated carbocycles. The molecule has 0 fully saturated rings. The molecule has 0 aliphatic heterocycles. The molecule has 0 bridgehead atoms. The predicted octanol–water partition coefficient (Wildman–Crippen LogP) is 2.31. The summed E-state index contributed by atoms with van der Waals surface area (Å²) in [6.07, 6.45) is 7.10. The zero-order chi connectivity index (χ0) is 12.0. The Morgan fingerprint density at radius 2 is 2.12 bits per heavy atom. The van der Waals surface area contributed by atoms with E-state index >= 15 is 0 Å². The van der Waals surface area contributed by atoms with Gasteiger partial charge in [0.2, 0.25) is 0 Å². The normalized spacial score (nSPS) is 13.3. The maximum absolute atomic E-state index is 5.98. The first kappa shape index (κ1) is 13.2. The van der Waals surface area contributed by atoms with Gasteiger partial charge in [-0.1, -0.05) is 13.3 Å². The van der Waals surface area contributed by atoms with Gasteiger partial charge in [-0.2, -0.15) is 5.10 Å². The van der Waals surface area contributed by atoms with Crippen molar-refractivity contribution in [3.63, 3.8) is 0 Å². The fraction of sp³-hybridized carbons (Fsp3) is 0.833. The number of aryl methyl sites for hydroxylation is 1. The van der Waals surface area contributed by atoms with E-state index in [0.717, 1.165) is 31.5 Å². The number of hydrogen-bond acceptors (Lipinski definition) is 3. The van der Waals surface area contributed by atoms with E-state index in [1.807, 2.05) is 4.68 Å². The predicted molar refractivity (Wildman–Crippen MR) is 66.2 cm³/mol. The summed E-state index contributed by atoms with van der Waals surface area (Å²) in [5.74, 6) is 1.08. The van der Waals surface area contributed by atoms with Gasteiger partial charge in [-0.05, 0) is 33.1 Å². The Hall–Kier alpha value is -0.900. The number of nitrogens with two attached hydrogens (primary N) is 1. The first-order chi connectivity index (χ1) is 7.65. The molecule has 92 valence electrons. The van der Waals surface area contributed by atoms with Gasteiger partial charge in [-0.15, -0.1) is 0 Å². The van der Waals surface area contributed by atoms with Crippen molar-refractivity contribution in [3.05, 3.63) is 12.2 Å². The minimum atomic E-state index is 0.348. The molecular formula is C12H24N4. The number of aromatic nitrogens is 3. The van der Waals surface area contributed by atoms with E-state index in [1.54, 1.807) is 6.33 Å². The summed E-state index contributed by atoms with van der Waals surface area (Å²) in [5.41, 5.74) is 5.98. The molecule has 2 N–H and O–H groups in total. The lowest BCUT2D eigenvalue weighted by Crippen LogP contribution is -2.19. The van der Waals surface area contributed by atoms with Crippen molar-refractivity contribution in [1.82, 2.24) is 14.8 Å². The summed E-state index contributed by atoms with van der Waals surface area (Å²) in [6, 6.07) is 0.738. The van der Waals surface area contributed by atoms with Crippen molar-refractivity contribution in [2.75, 3.05) is 0 Å². The lowest BCUT2D eigenvalue weighted by atomic mass is 10.1. The van der Waals surface area contributed by atoms with Crippen molar-refractivity contribution in [2.45, 2.75) is 65.0 Å². The molecule has 4 nitrogen and oxygen atoms in total. The Balaban J connectivity index is 2.34. The molecule has 1 rings (SSSR count). The van der Waals surface area contributed by atoms with Crippen LogP contribution in [0.4, 0.5) is 0 Å². The standard InChI is InChI=1S/C12H24N4/c1-4-6-11(13)7-5-8-12-14-9-15-16(12)10(2)3/h9-11H,4-8,13H2,1-3H3. The lowest BCUT2D eigenvalue weighted by molar-refractivity contribution is 0.485. The van der Waals surface area contributed by atoms with Crippen LogP contribution in [0.2, 0.25) is 0 Å². The largest absolute Gasteiger partial charge is 0.328 e. The zero-order valence-corrected chi connectivity index (χ0v) is 10.7. The van der Waals surface area contributed by atoms with Gasteiger partial charge in [0, 0.05) is 18.5 Å². The minimum Gasteiger partial charge on any atom is -0.328 e. The van der Waals surface area contributed by atoms with Crippen LogP contribution in [0.1, 0.15) is 58.3 Å². The third-order valence-corrected chi connectivity index (χ3v) is 2.77. The quantitative estimate of drug-likeness (QED) is 0.773. The molecule has 0 amide bonds. The molecule has 0 saturated heterocycles. The Labute approximate surface area is 98.2 Å². The molecule has 4 heteroatoms. The highest BCUT2D eigenvalue weighted by Gasteiger charge is 2.08. The van der Waals surface area contributed by atoms with Crippen molar-refractivity contribution >= 4 is 0 Å². The highest BCUT2D eigenvalue weighted by Crippen LogP contribution is 2.10. The molecule has 1 aromatic heterocycles. The molecule has 1 aromatic rings. The summed E-state index contributed by atoms with van der Waals surface area (Å²) >= 11 is 0. The van der Waals surface area contributed by atoms with E-state index in [-0.39, 0.29) is 0 Å². The highest BCUT2D eigenvalue weighted by molar-refractivity contribution is 4.86. The smallest absolute Gasteiger partial charge is 0.138 e. The fourth-order valence-electron chi connectivity index (χ4n) is 1.92. The SMILES string of the molecule is CCCC(N)CCCc1ncnn1C(C)C. The Bertz CT molecular complexity index is 293. The minimum absolute atomic E-state index is 0.348. The third kappa shape index (κ3) is 3.93. The van der Waals surface area contributed by atoms with E-state index in [1.165, 1.54) is 6.42 Å². The second kappa shape index (κ2) is 6.63. The molecule has 0 aliphatic carbocycles. The number of hydrogen-bond donors (Lipinski definition) is 1. The summed E-state index contributed by atoms with van der Waals surface area (Å²) in [4.78, 5) is 4.29. The topological polar surface area (TPSA) is 56.7 Å². The van der Waals surface area contributed by atoms with Crippen LogP contribution in [-0.4, -0.2) is 20.8 Å². The van der Waals surface area contributed by atoms with Crippen molar-refractivity contribution in [2.24, 2.45) is 5.73 Å². The molecule has 0 spiro atoms. The van der Waals surface area contributed by atoms with Gasteiger partial charge in [0.1, 0.15) is 12.2 Å². The van der Waals surface area contributed by atoms with E-state index < -0.39 is 0 Å². The fourth-order valence-corrected chi connectivity index (χ4v) is 1.92. The van der Waals surface area contributed by atoms with Crippen LogP contribution in [0.25, 0.3) is 0 Å². The molecule has 0 aromatic carbocycles. The van der Waals surface area contributed by atoms with Gasteiger partial charge >= 0.3 is 0 Å². The summed E-state index contributed by atoms with van der Waals surface area (Å²) in [7, 11) is 0. The van der Waals surface area contributed by atoms with Crippen LogP contribution in [-0.2, 0) is 6.42 Å². The number of rotatable bonds is 7. The van der Waals surface area contributed by atoms with Crippen molar-refractivity contribution < 1.29 is 0 Å². The Morgan fingerprint density at radius 3 is 2.75 bits per heavy atom. The van der Waals surface area contributed by atoms with Crippen molar-refractivity contribution in [3.8, 4) is 0 Å². The molecule has 0 radical (unpaired) electrons. The van der Waals surface area contributed by atoms with Gasteiger partial charge in [-0.3, -0.25) is 0 Å². The van der Waals surface area contributed by atoms with Crippen LogP contribution in [0, 0.1) is 0 Å². The Kier molecular flexibility index (Phi) is 5.46. The molecule has 1 unspecified atom stereocenters. The van der Waals surface area contributed by atoms with Gasteiger partial charge < -0.3 is 5.73 Å². The average molecular weight is 224 g/mol. The van der Waals surface area contributed by atoms with E-state index in [2.05, 4.69) is 30.9 Å². The van der Waals surface area contributed by atoms with Crippen LogP contribution in [0.3, 0.4) is 0 Å². The lowest BCUT2D eigenvalue weighted by Gasteiger charge is -2.11. The first-order valence-electron chi connectivity index (χ1n) is 6.29. The maximum Gasteiger partial charge on any atom is 0.138 e. The van der Waals surface area contributed by atoms with E-state index in [0.29, 0.717) is 12.1 Å². The van der Waals surface area contributed by atoms with Gasteiger partial charge in [0.25, 0.3) is 0 Å². The van der Waals surface area contributed by atoms with E-state index in [9.17, 15) is 0 Å².